The molecule has 0 saturated heterocycles. The molecule has 0 fully saturated rings. The fourth-order valence-electron chi connectivity index (χ4n) is 1.23. The Morgan fingerprint density at radius 3 is 2.38 bits per heavy atom. The zero-order valence-corrected chi connectivity index (χ0v) is 11.0. The summed E-state index contributed by atoms with van der Waals surface area (Å²) in [6.45, 7) is 2.62. The van der Waals surface area contributed by atoms with Crippen LogP contribution in [0.5, 0.6) is 0 Å². The number of hydrogen-bond donors (Lipinski definition) is 1. The third-order valence-corrected chi connectivity index (χ3v) is 2.64. The molecule has 0 spiro atoms. The lowest BCUT2D eigenvalue weighted by molar-refractivity contribution is -0.930. The molecule has 0 amide bonds. The number of aromatic nitrogens is 3. The molecule has 2 N–H and O–H groups in total. The lowest BCUT2D eigenvalue weighted by Crippen LogP contribution is -3.00. The van der Waals surface area contributed by atoms with Crippen molar-refractivity contribution in [3.05, 3.63) is 35.6 Å². The van der Waals surface area contributed by atoms with Gasteiger partial charge in [0.2, 0.25) is 0 Å². The SMILES string of the molecule is Cc1n[n+](C[n+]2ccccc2)c(N)s1.[Cl-].[Cl-]. The van der Waals surface area contributed by atoms with Crippen molar-refractivity contribution in [2.45, 2.75) is 13.6 Å². The fourth-order valence-corrected chi connectivity index (χ4v) is 1.87. The Morgan fingerprint density at radius 2 is 1.88 bits per heavy atom. The van der Waals surface area contributed by atoms with E-state index in [0.717, 1.165) is 10.1 Å². The minimum Gasteiger partial charge on any atom is -1.00 e. The number of hydrogen-bond acceptors (Lipinski definition) is 3. The topological polar surface area (TPSA) is 46.7 Å². The second-order valence-corrected chi connectivity index (χ2v) is 4.20. The Kier molecular flexibility index (Phi) is 6.25. The molecule has 0 saturated carbocycles. The first-order valence-corrected chi connectivity index (χ1v) is 5.14. The molecule has 2 aromatic heterocycles. The van der Waals surface area contributed by atoms with Crippen molar-refractivity contribution in [1.82, 2.24) is 5.10 Å². The zero-order chi connectivity index (χ0) is 9.97. The summed E-state index contributed by atoms with van der Waals surface area (Å²) in [5, 5.41) is 6.02. The molecular formula is C9H12Cl2N4S. The molecule has 0 unspecified atom stereocenters. The van der Waals surface area contributed by atoms with Crippen molar-refractivity contribution >= 4 is 16.5 Å². The van der Waals surface area contributed by atoms with Crippen LogP contribution in [0.3, 0.4) is 0 Å². The second-order valence-electron chi connectivity index (χ2n) is 2.99. The quantitative estimate of drug-likeness (QED) is 0.557. The second kappa shape index (κ2) is 6.62. The summed E-state index contributed by atoms with van der Waals surface area (Å²) in [4.78, 5) is 0. The van der Waals surface area contributed by atoms with Gasteiger partial charge in [0.15, 0.2) is 12.4 Å². The number of nitrogen functional groups attached to an aromatic ring is 1. The van der Waals surface area contributed by atoms with E-state index in [1.54, 1.807) is 4.68 Å². The van der Waals surface area contributed by atoms with Crippen molar-refractivity contribution in [2.75, 3.05) is 5.73 Å². The van der Waals surface area contributed by atoms with Crippen molar-refractivity contribution in [3.63, 3.8) is 0 Å². The van der Waals surface area contributed by atoms with Gasteiger partial charge < -0.3 is 24.8 Å². The number of rotatable bonds is 2. The summed E-state index contributed by atoms with van der Waals surface area (Å²) in [6.07, 6.45) is 3.97. The van der Waals surface area contributed by atoms with Gasteiger partial charge in [-0.25, -0.2) is 0 Å². The molecule has 0 aliphatic rings. The first-order valence-electron chi connectivity index (χ1n) is 4.33. The van der Waals surface area contributed by atoms with Gasteiger partial charge >= 0.3 is 11.8 Å². The minimum atomic E-state index is 0. The summed E-state index contributed by atoms with van der Waals surface area (Å²) in [5.41, 5.74) is 5.79. The maximum atomic E-state index is 5.79. The van der Waals surface area contributed by atoms with Crippen LogP contribution in [-0.2, 0) is 6.67 Å². The average molecular weight is 279 g/mol. The van der Waals surface area contributed by atoms with Crippen molar-refractivity contribution in [3.8, 4) is 0 Å². The molecule has 88 valence electrons. The van der Waals surface area contributed by atoms with Crippen molar-refractivity contribution < 1.29 is 34.1 Å². The van der Waals surface area contributed by atoms with E-state index in [1.807, 2.05) is 42.1 Å². The number of anilines is 1. The van der Waals surface area contributed by atoms with Gasteiger partial charge in [-0.05, 0) is 18.3 Å². The molecule has 7 heteroatoms. The largest absolute Gasteiger partial charge is 1.00 e. The van der Waals surface area contributed by atoms with Gasteiger partial charge in [-0.2, -0.15) is 4.57 Å². The maximum Gasteiger partial charge on any atom is 0.359 e. The standard InChI is InChI=1S/C9H11N4S.2ClH/c1-8-11-13(9(10)14-8)7-12-5-3-2-4-6-12;;/h2-6,10H,7H2,1H3;2*1H/q+1;;/p-1. The van der Waals surface area contributed by atoms with E-state index in [0.29, 0.717) is 6.67 Å². The van der Waals surface area contributed by atoms with Crippen LogP contribution in [-0.4, -0.2) is 5.10 Å². The van der Waals surface area contributed by atoms with Crippen LogP contribution >= 0.6 is 11.3 Å². The highest BCUT2D eigenvalue weighted by molar-refractivity contribution is 7.14. The smallest absolute Gasteiger partial charge is 0.359 e. The summed E-state index contributed by atoms with van der Waals surface area (Å²) in [7, 11) is 0. The Bertz CT molecular complexity index is 432. The van der Waals surface area contributed by atoms with E-state index in [9.17, 15) is 0 Å². The highest BCUT2D eigenvalue weighted by atomic mass is 35.5. The summed E-state index contributed by atoms with van der Waals surface area (Å²) in [6, 6.07) is 5.95. The predicted octanol–water partition coefficient (Wildman–Crippen LogP) is -5.88. The molecule has 0 bridgehead atoms. The summed E-state index contributed by atoms with van der Waals surface area (Å²) >= 11 is 1.50. The molecule has 2 aromatic rings. The number of aryl methyl sites for hydroxylation is 1. The van der Waals surface area contributed by atoms with Gasteiger partial charge in [0.05, 0.1) is 0 Å². The molecule has 2 rings (SSSR count). The lowest BCUT2D eigenvalue weighted by Gasteiger charge is -1.91. The third-order valence-electron chi connectivity index (χ3n) is 1.84. The van der Waals surface area contributed by atoms with Crippen LogP contribution in [0.25, 0.3) is 0 Å². The van der Waals surface area contributed by atoms with E-state index in [2.05, 4.69) is 5.10 Å². The maximum absolute atomic E-state index is 5.79. The predicted molar refractivity (Wildman–Crippen MR) is 53.5 cm³/mol. The van der Waals surface area contributed by atoms with Gasteiger partial charge in [-0.1, -0.05) is 15.8 Å². The van der Waals surface area contributed by atoms with Gasteiger partial charge in [-0.3, -0.25) is 5.73 Å². The summed E-state index contributed by atoms with van der Waals surface area (Å²) < 4.78 is 3.82. The number of halogens is 2. The Morgan fingerprint density at radius 1 is 1.25 bits per heavy atom. The number of pyridine rings is 1. The van der Waals surface area contributed by atoms with E-state index in [-0.39, 0.29) is 24.8 Å². The molecule has 0 aliphatic heterocycles. The highest BCUT2D eigenvalue weighted by Crippen LogP contribution is 2.06. The monoisotopic (exact) mass is 278 g/mol. The molecule has 4 nitrogen and oxygen atoms in total. The molecule has 16 heavy (non-hydrogen) atoms. The molecule has 0 atom stereocenters. The van der Waals surface area contributed by atoms with Gasteiger partial charge in [0.1, 0.15) is 5.01 Å². The molecule has 2 heterocycles. The van der Waals surface area contributed by atoms with Crippen molar-refractivity contribution in [1.29, 1.82) is 0 Å². The molecule has 0 aliphatic carbocycles. The Balaban J connectivity index is 0.00000112. The average Bonchev–Trinajstić information content (AvgIpc) is 2.47. The van der Waals surface area contributed by atoms with Crippen LogP contribution in [0.4, 0.5) is 5.13 Å². The van der Waals surface area contributed by atoms with Crippen LogP contribution in [0.2, 0.25) is 0 Å². The Hall–Kier alpha value is -0.910. The van der Waals surface area contributed by atoms with Crippen LogP contribution < -0.4 is 39.8 Å². The van der Waals surface area contributed by atoms with Crippen LogP contribution in [0, 0.1) is 6.92 Å². The zero-order valence-electron chi connectivity index (χ0n) is 8.68. The molecular weight excluding hydrogens is 267 g/mol. The van der Waals surface area contributed by atoms with Crippen molar-refractivity contribution in [2.24, 2.45) is 0 Å². The van der Waals surface area contributed by atoms with Crippen LogP contribution in [0.1, 0.15) is 5.01 Å². The third kappa shape index (κ3) is 3.59. The van der Waals surface area contributed by atoms with Gasteiger partial charge in [0.25, 0.3) is 0 Å². The number of nitrogens with zero attached hydrogens (tertiary/aromatic N) is 3. The first kappa shape index (κ1) is 15.1. The van der Waals surface area contributed by atoms with E-state index >= 15 is 0 Å². The number of nitrogens with two attached hydrogens (primary N) is 1. The molecule has 0 radical (unpaired) electrons. The van der Waals surface area contributed by atoms with Gasteiger partial charge in [0, 0.05) is 12.1 Å². The van der Waals surface area contributed by atoms with E-state index < -0.39 is 0 Å². The Labute approximate surface area is 111 Å². The van der Waals surface area contributed by atoms with Crippen LogP contribution in [0.15, 0.2) is 30.6 Å². The fraction of sp³-hybridized carbons (Fsp3) is 0.222. The minimum absolute atomic E-state index is 0. The van der Waals surface area contributed by atoms with E-state index in [1.165, 1.54) is 11.3 Å². The van der Waals surface area contributed by atoms with E-state index in [4.69, 9.17) is 5.73 Å². The summed E-state index contributed by atoms with van der Waals surface area (Å²) in [5.74, 6) is 0. The van der Waals surface area contributed by atoms with Gasteiger partial charge in [-0.15, -0.1) is 0 Å². The first-order chi connectivity index (χ1) is 6.75. The molecule has 0 aromatic carbocycles. The normalized spacial score (nSPS) is 9.06. The lowest BCUT2D eigenvalue weighted by atomic mass is 10.5. The highest BCUT2D eigenvalue weighted by Gasteiger charge is 2.14.